The van der Waals surface area contributed by atoms with Crippen LogP contribution in [0.3, 0.4) is 0 Å². The van der Waals surface area contributed by atoms with Gasteiger partial charge in [-0.05, 0) is 17.4 Å². The second kappa shape index (κ2) is 10.4. The van der Waals surface area contributed by atoms with Crippen molar-refractivity contribution < 1.29 is 50.3 Å². The molecule has 0 fully saturated rings. The first-order valence-electron chi connectivity index (χ1n) is 3.41. The van der Waals surface area contributed by atoms with Gasteiger partial charge in [-0.25, -0.2) is 0 Å². The van der Waals surface area contributed by atoms with Gasteiger partial charge in [0.15, 0.2) is 6.16 Å². The third-order valence-corrected chi connectivity index (χ3v) is 1.90. The fourth-order valence-electron chi connectivity index (χ4n) is 0.674. The van der Waals surface area contributed by atoms with E-state index in [2.05, 4.69) is 6.92 Å². The summed E-state index contributed by atoms with van der Waals surface area (Å²) in [4.78, 5) is 8.36. The fraction of sp³-hybridized carbons (Fsp3) is 1.00. The number of hydrogen-bond donors (Lipinski definition) is 1. The number of rotatable bonds is 5. The van der Waals surface area contributed by atoms with Crippen molar-refractivity contribution in [2.24, 2.45) is 0 Å². The predicted molar refractivity (Wildman–Crippen MR) is 38.8 cm³/mol. The van der Waals surface area contributed by atoms with Gasteiger partial charge in [-0.1, -0.05) is 19.8 Å². The molecule has 10 heavy (non-hydrogen) atoms. The molecule has 0 spiro atoms. The van der Waals surface area contributed by atoms with E-state index in [4.69, 9.17) is 4.89 Å². The molecular weight excluding hydrogens is 279 g/mol. The Balaban J connectivity index is 0. The Morgan fingerprint density at radius 1 is 1.30 bits per heavy atom. The Hall–Kier alpha value is 1.41. The summed E-state index contributed by atoms with van der Waals surface area (Å²) in [7, 11) is -1.87. The van der Waals surface area contributed by atoms with Crippen molar-refractivity contribution in [2.45, 2.75) is 32.6 Å². The quantitative estimate of drug-likeness (QED) is 0.624. The number of hydrogen-bond acceptors (Lipinski definition) is 1. The van der Waals surface area contributed by atoms with Crippen LogP contribution in [0.25, 0.3) is 0 Å². The average molecular weight is 293 g/mol. The van der Waals surface area contributed by atoms with Crippen LogP contribution in [-0.4, -0.2) is 11.1 Å². The van der Waals surface area contributed by atoms with Crippen LogP contribution < -0.4 is 0 Å². The first-order valence-corrected chi connectivity index (χ1v) is 4.80. The van der Waals surface area contributed by atoms with E-state index in [0.29, 0.717) is 6.16 Å². The van der Waals surface area contributed by atoms with Crippen molar-refractivity contribution in [2.75, 3.05) is 6.16 Å². The fourth-order valence-corrected chi connectivity index (χ4v) is 1.17. The maximum Gasteiger partial charge on any atom is 0.505 e. The van der Waals surface area contributed by atoms with E-state index < -0.39 is 8.03 Å². The van der Waals surface area contributed by atoms with Crippen LogP contribution in [0.5, 0.6) is 0 Å². The summed E-state index contributed by atoms with van der Waals surface area (Å²) in [6, 6.07) is 0. The maximum absolute atomic E-state index is 10.1. The van der Waals surface area contributed by atoms with Crippen LogP contribution in [-0.2, 0) is 4.57 Å². The summed E-state index contributed by atoms with van der Waals surface area (Å²) in [5, 5.41) is 0. The summed E-state index contributed by atoms with van der Waals surface area (Å²) < 4.78 is 10.1. The monoisotopic (exact) mass is 291 g/mol. The van der Waals surface area contributed by atoms with Gasteiger partial charge in [0.1, 0.15) is 0 Å². The third-order valence-electron chi connectivity index (χ3n) is 1.20. The second-order valence-electron chi connectivity index (χ2n) is 2.14. The molecule has 0 aromatic rings. The molecule has 0 aromatic heterocycles. The summed E-state index contributed by atoms with van der Waals surface area (Å²) in [5.74, 6) is 0. The van der Waals surface area contributed by atoms with Gasteiger partial charge in [-0.15, -0.1) is 0 Å². The van der Waals surface area contributed by atoms with E-state index >= 15 is 0 Å². The maximum atomic E-state index is 10.1. The van der Waals surface area contributed by atoms with Gasteiger partial charge < -0.3 is 0 Å². The molecule has 0 aliphatic carbocycles. The van der Waals surface area contributed by atoms with Gasteiger partial charge >= 0.3 is 8.03 Å². The molecular formula is C6H14NdO2P+. The third kappa shape index (κ3) is 12.1. The zero-order chi connectivity index (χ0) is 7.11. The van der Waals surface area contributed by atoms with E-state index in [1.807, 2.05) is 0 Å². The molecule has 0 heterocycles. The van der Waals surface area contributed by atoms with Crippen molar-refractivity contribution in [3.63, 3.8) is 0 Å². The Kier molecular flexibility index (Phi) is 14.5. The predicted octanol–water partition coefficient (Wildman–Crippen LogP) is 2.30. The van der Waals surface area contributed by atoms with Crippen LogP contribution in [0.4, 0.5) is 0 Å². The minimum absolute atomic E-state index is 0. The largest absolute Gasteiger partial charge is 0.505 e. The van der Waals surface area contributed by atoms with Gasteiger partial charge in [0, 0.05) is 40.8 Å². The SMILES string of the molecule is CCCCCC[P+](=O)O.[Nd]. The molecule has 58 valence electrons. The standard InChI is InChI=1S/C6H13O2P.Nd/c1-2-3-4-5-6-9(7)8;/h2-6H2,1H3;/p+1. The topological polar surface area (TPSA) is 37.3 Å². The molecule has 0 amide bonds. The molecule has 0 rings (SSSR count). The van der Waals surface area contributed by atoms with Crippen molar-refractivity contribution in [3.8, 4) is 0 Å². The Labute approximate surface area is 96.2 Å². The van der Waals surface area contributed by atoms with Crippen molar-refractivity contribution >= 4 is 8.03 Å². The van der Waals surface area contributed by atoms with E-state index in [9.17, 15) is 4.57 Å². The van der Waals surface area contributed by atoms with Gasteiger partial charge in [-0.2, -0.15) is 4.89 Å². The molecule has 4 heteroatoms. The Bertz CT molecular complexity index is 87.8. The molecule has 0 aliphatic rings. The van der Waals surface area contributed by atoms with E-state index in [-0.39, 0.29) is 40.8 Å². The smallest absolute Gasteiger partial charge is 0.161 e. The molecule has 0 saturated carbocycles. The first kappa shape index (κ1) is 14.0. The summed E-state index contributed by atoms with van der Waals surface area (Å²) in [6.07, 6.45) is 4.85. The van der Waals surface area contributed by atoms with E-state index in [0.717, 1.165) is 12.8 Å². The summed E-state index contributed by atoms with van der Waals surface area (Å²) >= 11 is 0. The normalized spacial score (nSPS) is 10.4. The second-order valence-corrected chi connectivity index (χ2v) is 3.29. The zero-order valence-corrected chi connectivity index (χ0v) is 10.4. The molecule has 1 N–H and O–H groups in total. The summed E-state index contributed by atoms with van der Waals surface area (Å²) in [6.45, 7) is 2.12. The van der Waals surface area contributed by atoms with Gasteiger partial charge in [0.05, 0.1) is 0 Å². The van der Waals surface area contributed by atoms with Gasteiger partial charge in [0.2, 0.25) is 0 Å². The van der Waals surface area contributed by atoms with E-state index in [1.165, 1.54) is 12.8 Å². The zero-order valence-electron chi connectivity index (χ0n) is 6.34. The minimum atomic E-state index is -1.87. The molecule has 0 saturated heterocycles. The van der Waals surface area contributed by atoms with Crippen molar-refractivity contribution in [1.82, 2.24) is 0 Å². The van der Waals surface area contributed by atoms with E-state index in [1.54, 1.807) is 0 Å². The van der Waals surface area contributed by atoms with Crippen LogP contribution in [0.2, 0.25) is 0 Å². The van der Waals surface area contributed by atoms with Crippen LogP contribution in [0.15, 0.2) is 0 Å². The minimum Gasteiger partial charge on any atom is -0.161 e. The molecule has 0 radical (unpaired) electrons. The Morgan fingerprint density at radius 2 is 1.90 bits per heavy atom. The Morgan fingerprint density at radius 3 is 2.30 bits per heavy atom. The van der Waals surface area contributed by atoms with Crippen molar-refractivity contribution in [1.29, 1.82) is 0 Å². The van der Waals surface area contributed by atoms with Crippen molar-refractivity contribution in [3.05, 3.63) is 0 Å². The molecule has 0 bridgehead atoms. The van der Waals surface area contributed by atoms with Gasteiger partial charge in [0.25, 0.3) is 0 Å². The molecule has 2 nitrogen and oxygen atoms in total. The molecule has 0 aliphatic heterocycles. The molecule has 1 atom stereocenters. The van der Waals surface area contributed by atoms with Crippen LogP contribution in [0.1, 0.15) is 32.6 Å². The van der Waals surface area contributed by atoms with Gasteiger partial charge in [-0.3, -0.25) is 0 Å². The van der Waals surface area contributed by atoms with Crippen LogP contribution >= 0.6 is 8.03 Å². The van der Waals surface area contributed by atoms with Crippen LogP contribution in [0, 0.1) is 40.8 Å². The summed E-state index contributed by atoms with van der Waals surface area (Å²) in [5.41, 5.74) is 0. The average Bonchev–Trinajstić information content (AvgIpc) is 1.80. The molecule has 1 unspecified atom stereocenters. The first-order chi connectivity index (χ1) is 4.27. The molecule has 0 aromatic carbocycles. The number of unbranched alkanes of at least 4 members (excludes halogenated alkanes) is 3.